The SMILES string of the molecule is COCC(C)(C)/C=C(\C#N)C(=O)N[C@H]1CCC[C@H]1NC(=O)c1sc2nccc3c2c1NC(=O)N3c1cnc(CC(C)C)cc1C. The number of carbonyl (C=O) groups excluding carboxylic acids is 3. The summed E-state index contributed by atoms with van der Waals surface area (Å²) in [6.07, 6.45) is 7.95. The van der Waals surface area contributed by atoms with Crippen molar-refractivity contribution in [3.05, 3.63) is 52.3 Å². The molecular formula is C33H39N7O4S. The largest absolute Gasteiger partial charge is 0.384 e. The maximum atomic E-state index is 13.7. The Morgan fingerprint density at radius 1 is 1.24 bits per heavy atom. The molecule has 2 aliphatic rings. The molecule has 236 valence electrons. The lowest BCUT2D eigenvalue weighted by Crippen LogP contribution is -2.49. The number of methoxy groups -OCH3 is 1. The number of pyridine rings is 2. The van der Waals surface area contributed by atoms with Crippen LogP contribution in [0.1, 0.15) is 67.9 Å². The molecule has 3 aromatic heterocycles. The smallest absolute Gasteiger partial charge is 0.331 e. The molecule has 0 saturated heterocycles. The number of carbonyl (C=O) groups is 3. The maximum Gasteiger partial charge on any atom is 0.331 e. The molecular weight excluding hydrogens is 590 g/mol. The number of aromatic nitrogens is 2. The lowest BCUT2D eigenvalue weighted by atomic mass is 9.91. The predicted molar refractivity (Wildman–Crippen MR) is 175 cm³/mol. The number of ether oxygens (including phenoxy) is 1. The van der Waals surface area contributed by atoms with Crippen LogP contribution < -0.4 is 20.9 Å². The lowest BCUT2D eigenvalue weighted by Gasteiger charge is -2.29. The van der Waals surface area contributed by atoms with Gasteiger partial charge in [-0.05, 0) is 56.2 Å². The van der Waals surface area contributed by atoms with Crippen LogP contribution in [-0.4, -0.2) is 53.6 Å². The van der Waals surface area contributed by atoms with Crippen molar-refractivity contribution >= 4 is 56.5 Å². The average molecular weight is 630 g/mol. The van der Waals surface area contributed by atoms with E-state index in [0.717, 1.165) is 24.1 Å². The minimum atomic E-state index is -0.498. The number of nitrogens with one attached hydrogen (secondary N) is 3. The first-order valence-corrected chi connectivity index (χ1v) is 16.0. The van der Waals surface area contributed by atoms with Gasteiger partial charge >= 0.3 is 6.03 Å². The van der Waals surface area contributed by atoms with Crippen LogP contribution in [0, 0.1) is 29.6 Å². The molecule has 0 spiro atoms. The summed E-state index contributed by atoms with van der Waals surface area (Å²) in [5.41, 5.74) is 3.12. The molecule has 4 amide bonds. The van der Waals surface area contributed by atoms with Crippen molar-refractivity contribution in [3.63, 3.8) is 0 Å². The molecule has 0 aromatic carbocycles. The van der Waals surface area contributed by atoms with E-state index in [2.05, 4.69) is 39.8 Å². The van der Waals surface area contributed by atoms with Crippen LogP contribution >= 0.6 is 11.3 Å². The highest BCUT2D eigenvalue weighted by Crippen LogP contribution is 2.46. The molecule has 0 radical (unpaired) electrons. The number of nitrogens with zero attached hydrogens (tertiary/aromatic N) is 4. The maximum absolute atomic E-state index is 13.7. The molecule has 0 unspecified atom stereocenters. The normalized spacial score (nSPS) is 18.2. The summed E-state index contributed by atoms with van der Waals surface area (Å²) in [6.45, 7) is 10.4. The van der Waals surface area contributed by atoms with E-state index >= 15 is 0 Å². The minimum absolute atomic E-state index is 0.00818. The Balaban J connectivity index is 1.38. The lowest BCUT2D eigenvalue weighted by molar-refractivity contribution is -0.118. The summed E-state index contributed by atoms with van der Waals surface area (Å²) in [4.78, 5) is 52.0. The molecule has 12 heteroatoms. The zero-order valence-electron chi connectivity index (χ0n) is 26.5. The summed E-state index contributed by atoms with van der Waals surface area (Å²) in [5, 5.41) is 19.3. The Morgan fingerprint density at radius 3 is 2.64 bits per heavy atom. The number of anilines is 3. The van der Waals surface area contributed by atoms with Gasteiger partial charge in [0.25, 0.3) is 11.8 Å². The van der Waals surface area contributed by atoms with E-state index in [4.69, 9.17) is 4.74 Å². The van der Waals surface area contributed by atoms with Crippen LogP contribution in [0.3, 0.4) is 0 Å². The second kappa shape index (κ2) is 12.9. The zero-order valence-corrected chi connectivity index (χ0v) is 27.3. The Bertz CT molecular complexity index is 1720. The molecule has 1 aliphatic heterocycles. The van der Waals surface area contributed by atoms with Crippen LogP contribution in [0.25, 0.3) is 10.2 Å². The van der Waals surface area contributed by atoms with Crippen LogP contribution in [0.15, 0.2) is 36.2 Å². The van der Waals surface area contributed by atoms with Crippen LogP contribution in [0.4, 0.5) is 21.9 Å². The van der Waals surface area contributed by atoms with Gasteiger partial charge in [0.1, 0.15) is 21.3 Å². The molecule has 1 aliphatic carbocycles. The molecule has 11 nitrogen and oxygen atoms in total. The van der Waals surface area contributed by atoms with Gasteiger partial charge in [-0.3, -0.25) is 19.5 Å². The van der Waals surface area contributed by atoms with Crippen molar-refractivity contribution in [1.29, 1.82) is 5.26 Å². The fraction of sp³-hybridized carbons (Fsp3) is 0.455. The highest BCUT2D eigenvalue weighted by Gasteiger charge is 2.36. The second-order valence-electron chi connectivity index (χ2n) is 12.8. The number of nitriles is 1. The molecule has 1 fully saturated rings. The van der Waals surface area contributed by atoms with Gasteiger partial charge in [0.2, 0.25) is 0 Å². The molecule has 1 saturated carbocycles. The fourth-order valence-corrected chi connectivity index (χ4v) is 7.12. The van der Waals surface area contributed by atoms with Crippen molar-refractivity contribution in [2.75, 3.05) is 23.9 Å². The van der Waals surface area contributed by atoms with Crippen molar-refractivity contribution in [2.24, 2.45) is 11.3 Å². The molecule has 0 bridgehead atoms. The van der Waals surface area contributed by atoms with E-state index in [1.54, 1.807) is 36.5 Å². The number of rotatable bonds is 10. The van der Waals surface area contributed by atoms with Crippen LogP contribution in [0.2, 0.25) is 0 Å². The van der Waals surface area contributed by atoms with Crippen molar-refractivity contribution in [2.45, 2.75) is 72.4 Å². The number of thiophene rings is 1. The fourth-order valence-electron chi connectivity index (χ4n) is 6.09. The molecule has 3 N–H and O–H groups in total. The van der Waals surface area contributed by atoms with Gasteiger partial charge < -0.3 is 20.7 Å². The summed E-state index contributed by atoms with van der Waals surface area (Å²) >= 11 is 1.21. The number of urea groups is 1. The monoisotopic (exact) mass is 629 g/mol. The first-order valence-electron chi connectivity index (χ1n) is 15.1. The van der Waals surface area contributed by atoms with Gasteiger partial charge in [0.05, 0.1) is 35.3 Å². The van der Waals surface area contributed by atoms with E-state index < -0.39 is 11.3 Å². The topological polar surface area (TPSA) is 149 Å². The van der Waals surface area contributed by atoms with Gasteiger partial charge in [-0.15, -0.1) is 11.3 Å². The van der Waals surface area contributed by atoms with Gasteiger partial charge in [0.15, 0.2) is 0 Å². The predicted octanol–water partition coefficient (Wildman–Crippen LogP) is 5.77. The van der Waals surface area contributed by atoms with E-state index in [-0.39, 0.29) is 29.6 Å². The Labute approximate surface area is 267 Å². The third kappa shape index (κ3) is 6.70. The van der Waals surface area contributed by atoms with E-state index in [0.29, 0.717) is 57.5 Å². The highest BCUT2D eigenvalue weighted by molar-refractivity contribution is 7.21. The molecule has 3 aromatic rings. The molecule has 4 heterocycles. The van der Waals surface area contributed by atoms with Gasteiger partial charge in [-0.1, -0.05) is 33.8 Å². The van der Waals surface area contributed by atoms with Crippen molar-refractivity contribution < 1.29 is 19.1 Å². The first-order chi connectivity index (χ1) is 21.4. The number of amides is 4. The Morgan fingerprint density at radius 2 is 1.98 bits per heavy atom. The molecule has 2 atom stereocenters. The number of hydrogen-bond donors (Lipinski definition) is 3. The van der Waals surface area contributed by atoms with Gasteiger partial charge in [0, 0.05) is 36.5 Å². The van der Waals surface area contributed by atoms with E-state index in [1.165, 1.54) is 11.3 Å². The standard InChI is InChI=1S/C33H39N7O4S/c1-18(2)12-21-13-19(3)25(16-36-21)40-24-10-11-35-31-26(24)27(39-32(40)43)28(45-31)30(42)38-23-9-7-8-22(23)37-29(41)20(15-34)14-33(4,5)17-44-6/h10-11,13-14,16,18,22-23H,7-9,12,17H2,1-6H3,(H,37,41)(H,38,42)(H,39,43)/b20-14+/t22-,23+/m0/s1. The third-order valence-corrected chi connectivity index (χ3v) is 9.11. The van der Waals surface area contributed by atoms with Crippen molar-refractivity contribution in [1.82, 2.24) is 20.6 Å². The molecule has 5 rings (SSSR count). The van der Waals surface area contributed by atoms with Crippen molar-refractivity contribution in [3.8, 4) is 6.07 Å². The zero-order chi connectivity index (χ0) is 32.5. The van der Waals surface area contributed by atoms with Crippen LogP contribution in [0.5, 0.6) is 0 Å². The first kappa shape index (κ1) is 32.1. The summed E-state index contributed by atoms with van der Waals surface area (Å²) < 4.78 is 5.21. The average Bonchev–Trinajstić information content (AvgIpc) is 3.57. The van der Waals surface area contributed by atoms with E-state index in [9.17, 15) is 19.6 Å². The van der Waals surface area contributed by atoms with Crippen LogP contribution in [-0.2, 0) is 16.0 Å². The minimum Gasteiger partial charge on any atom is -0.384 e. The molecule has 45 heavy (non-hydrogen) atoms. The number of aryl methyl sites for hydroxylation is 1. The summed E-state index contributed by atoms with van der Waals surface area (Å²) in [5.74, 6) is -0.375. The number of hydrogen-bond acceptors (Lipinski definition) is 8. The third-order valence-electron chi connectivity index (χ3n) is 8.02. The summed E-state index contributed by atoms with van der Waals surface area (Å²) in [7, 11) is 1.57. The van der Waals surface area contributed by atoms with Gasteiger partial charge in [-0.2, -0.15) is 5.26 Å². The Hall–Kier alpha value is -4.34. The van der Waals surface area contributed by atoms with Gasteiger partial charge in [-0.25, -0.2) is 9.78 Å². The quantitative estimate of drug-likeness (QED) is 0.190. The second-order valence-corrected chi connectivity index (χ2v) is 13.8. The Kier molecular flexibility index (Phi) is 9.23. The highest BCUT2D eigenvalue weighted by atomic mass is 32.1. The van der Waals surface area contributed by atoms with E-state index in [1.807, 2.05) is 32.9 Å². The summed E-state index contributed by atoms with van der Waals surface area (Å²) in [6, 6.07) is 4.71.